The lowest BCUT2D eigenvalue weighted by Crippen LogP contribution is -2.19. The number of rotatable bonds is 11. The quantitative estimate of drug-likeness (QED) is 0.0703. The number of carbonyl (C=O) groups excluding carboxylic acids is 2. The number of methoxy groups -OCH3 is 1. The van der Waals surface area contributed by atoms with E-state index in [2.05, 4.69) is 15.5 Å². The Kier molecular flexibility index (Phi) is 9.46. The van der Waals surface area contributed by atoms with E-state index in [1.165, 1.54) is 13.3 Å². The normalized spacial score (nSPS) is 11.0. The van der Waals surface area contributed by atoms with Gasteiger partial charge in [0.1, 0.15) is 5.69 Å². The molecule has 224 valence electrons. The summed E-state index contributed by atoms with van der Waals surface area (Å²) in [5.74, 6) is 0.495. The van der Waals surface area contributed by atoms with Crippen LogP contribution in [-0.2, 0) is 0 Å². The molecule has 5 rings (SSSR count). The van der Waals surface area contributed by atoms with E-state index in [9.17, 15) is 9.59 Å². The lowest BCUT2D eigenvalue weighted by atomic mass is 10.0. The summed E-state index contributed by atoms with van der Waals surface area (Å²) in [5.41, 5.74) is 6.02. The predicted molar refractivity (Wildman–Crippen MR) is 171 cm³/mol. The monoisotopic (exact) mass is 611 g/mol. The van der Waals surface area contributed by atoms with Gasteiger partial charge in [-0.05, 0) is 67.9 Å². The summed E-state index contributed by atoms with van der Waals surface area (Å²) in [6.07, 6.45) is 1.46. The number of H-pyrrole nitrogens is 1. The minimum atomic E-state index is -0.589. The van der Waals surface area contributed by atoms with Crippen molar-refractivity contribution in [2.24, 2.45) is 5.10 Å². The zero-order chi connectivity index (χ0) is 31.1. The molecule has 10 heteroatoms. The highest BCUT2D eigenvalue weighted by atomic mass is 35.5. The average Bonchev–Trinajstić information content (AvgIpc) is 3.42. The zero-order valence-electron chi connectivity index (χ0n) is 24.3. The first-order valence-corrected chi connectivity index (χ1v) is 14.3. The highest BCUT2D eigenvalue weighted by molar-refractivity contribution is 6.34. The highest BCUT2D eigenvalue weighted by Gasteiger charge is 2.21. The molecular formula is C34H30ClN3O6. The molecule has 0 aliphatic heterocycles. The molecule has 4 aromatic carbocycles. The molecule has 0 aliphatic rings. The van der Waals surface area contributed by atoms with E-state index in [-0.39, 0.29) is 5.75 Å². The third kappa shape index (κ3) is 6.53. The Morgan fingerprint density at radius 3 is 2.36 bits per heavy atom. The molecule has 0 atom stereocenters. The number of halogens is 1. The van der Waals surface area contributed by atoms with Crippen LogP contribution in [0.5, 0.6) is 23.0 Å². The van der Waals surface area contributed by atoms with Crippen LogP contribution in [-0.4, -0.2) is 43.4 Å². The van der Waals surface area contributed by atoms with Crippen molar-refractivity contribution in [2.45, 2.75) is 13.8 Å². The van der Waals surface area contributed by atoms with E-state index >= 15 is 0 Å². The molecule has 0 bridgehead atoms. The van der Waals surface area contributed by atoms with Crippen molar-refractivity contribution in [2.75, 3.05) is 20.3 Å². The standard InChI is InChI=1S/C34H30ClN3O6/c1-4-42-27-17-15-22(19-30(27)43-5-2)34(40)44-28-16-14-21(18-29(28)41-3)20-36-38-33(39)32-31(23-10-6-8-12-25(23)35)24-11-7-9-13-26(24)37-32/h6-20,37H,4-5H2,1-3H3,(H,38,39). The highest BCUT2D eigenvalue weighted by Crippen LogP contribution is 2.36. The van der Waals surface area contributed by atoms with E-state index in [4.69, 9.17) is 30.5 Å². The van der Waals surface area contributed by atoms with Gasteiger partial charge in [-0.2, -0.15) is 5.10 Å². The van der Waals surface area contributed by atoms with Gasteiger partial charge in [0.25, 0.3) is 5.91 Å². The number of benzene rings is 4. The summed E-state index contributed by atoms with van der Waals surface area (Å²) >= 11 is 6.49. The number of hydrogen-bond acceptors (Lipinski definition) is 7. The topological polar surface area (TPSA) is 111 Å². The Labute approximate surface area is 259 Å². The van der Waals surface area contributed by atoms with Crippen LogP contribution in [0.1, 0.15) is 40.3 Å². The largest absolute Gasteiger partial charge is 0.493 e. The van der Waals surface area contributed by atoms with Crippen molar-refractivity contribution in [1.29, 1.82) is 0 Å². The summed E-state index contributed by atoms with van der Waals surface area (Å²) in [6.45, 7) is 4.60. The van der Waals surface area contributed by atoms with Gasteiger partial charge in [0.2, 0.25) is 0 Å². The number of nitrogens with one attached hydrogen (secondary N) is 2. The zero-order valence-corrected chi connectivity index (χ0v) is 25.1. The lowest BCUT2D eigenvalue weighted by Gasteiger charge is -2.13. The van der Waals surface area contributed by atoms with E-state index in [0.29, 0.717) is 57.9 Å². The van der Waals surface area contributed by atoms with Crippen molar-refractivity contribution in [3.8, 4) is 34.1 Å². The number of nitrogens with zero attached hydrogens (tertiary/aromatic N) is 1. The third-order valence-electron chi connectivity index (χ3n) is 6.63. The smallest absolute Gasteiger partial charge is 0.343 e. The molecule has 9 nitrogen and oxygen atoms in total. The summed E-state index contributed by atoms with van der Waals surface area (Å²) in [4.78, 5) is 29.4. The first kappa shape index (κ1) is 30.2. The molecule has 5 aromatic rings. The molecule has 0 fully saturated rings. The minimum Gasteiger partial charge on any atom is -0.493 e. The molecule has 0 unspecified atom stereocenters. The van der Waals surface area contributed by atoms with Crippen LogP contribution >= 0.6 is 11.6 Å². The number of hydrazone groups is 1. The van der Waals surface area contributed by atoms with Crippen LogP contribution in [0.3, 0.4) is 0 Å². The van der Waals surface area contributed by atoms with Crippen LogP contribution in [0.2, 0.25) is 5.02 Å². The molecule has 0 spiro atoms. The fourth-order valence-corrected chi connectivity index (χ4v) is 4.89. The number of aromatic amines is 1. The number of carbonyl (C=O) groups is 2. The van der Waals surface area contributed by atoms with Crippen molar-refractivity contribution in [1.82, 2.24) is 10.4 Å². The number of esters is 1. The molecule has 44 heavy (non-hydrogen) atoms. The molecule has 0 radical (unpaired) electrons. The summed E-state index contributed by atoms with van der Waals surface area (Å²) < 4.78 is 22.2. The maximum absolute atomic E-state index is 13.3. The Bertz CT molecular complexity index is 1850. The van der Waals surface area contributed by atoms with Gasteiger partial charge in [0, 0.05) is 27.1 Å². The van der Waals surface area contributed by atoms with E-state index in [0.717, 1.165) is 16.5 Å². The SMILES string of the molecule is CCOc1ccc(C(=O)Oc2ccc(C=NNC(=O)c3[nH]c4ccccc4c3-c3ccccc3Cl)cc2OC)cc1OCC. The van der Waals surface area contributed by atoms with Gasteiger partial charge >= 0.3 is 5.97 Å². The molecule has 1 aromatic heterocycles. The van der Waals surface area contributed by atoms with Crippen molar-refractivity contribution < 1.29 is 28.5 Å². The van der Waals surface area contributed by atoms with Crippen molar-refractivity contribution in [3.63, 3.8) is 0 Å². The van der Waals surface area contributed by atoms with Crippen molar-refractivity contribution in [3.05, 3.63) is 107 Å². The molecule has 1 amide bonds. The first-order chi connectivity index (χ1) is 21.4. The lowest BCUT2D eigenvalue weighted by molar-refractivity contribution is 0.0728. The second kappa shape index (κ2) is 13.8. The fraction of sp³-hybridized carbons (Fsp3) is 0.147. The molecule has 0 saturated carbocycles. The second-order valence-corrected chi connectivity index (χ2v) is 9.83. The fourth-order valence-electron chi connectivity index (χ4n) is 4.66. The number of para-hydroxylation sites is 1. The molecule has 0 aliphatic carbocycles. The van der Waals surface area contributed by atoms with Crippen LogP contribution in [0, 0.1) is 0 Å². The third-order valence-corrected chi connectivity index (χ3v) is 6.96. The van der Waals surface area contributed by atoms with E-state index in [1.807, 2.05) is 56.3 Å². The maximum Gasteiger partial charge on any atom is 0.343 e. The van der Waals surface area contributed by atoms with Gasteiger partial charge in [-0.25, -0.2) is 10.2 Å². The molecular weight excluding hydrogens is 582 g/mol. The Morgan fingerprint density at radius 1 is 0.864 bits per heavy atom. The Morgan fingerprint density at radius 2 is 1.59 bits per heavy atom. The van der Waals surface area contributed by atoms with Gasteiger partial charge < -0.3 is 23.9 Å². The Hall–Kier alpha value is -5.28. The summed E-state index contributed by atoms with van der Waals surface area (Å²) in [7, 11) is 1.46. The predicted octanol–water partition coefficient (Wildman–Crippen LogP) is 7.28. The van der Waals surface area contributed by atoms with E-state index < -0.39 is 11.9 Å². The van der Waals surface area contributed by atoms with Crippen LogP contribution in [0.4, 0.5) is 0 Å². The second-order valence-electron chi connectivity index (χ2n) is 9.43. The van der Waals surface area contributed by atoms with Gasteiger partial charge in [-0.15, -0.1) is 0 Å². The van der Waals surface area contributed by atoms with Gasteiger partial charge in [-0.3, -0.25) is 4.79 Å². The van der Waals surface area contributed by atoms with Gasteiger partial charge in [-0.1, -0.05) is 48.0 Å². The Balaban J connectivity index is 1.32. The molecule has 2 N–H and O–H groups in total. The van der Waals surface area contributed by atoms with E-state index in [1.54, 1.807) is 42.5 Å². The van der Waals surface area contributed by atoms with Crippen LogP contribution < -0.4 is 24.4 Å². The molecule has 1 heterocycles. The van der Waals surface area contributed by atoms with Crippen LogP contribution in [0.25, 0.3) is 22.0 Å². The average molecular weight is 612 g/mol. The molecule has 0 saturated heterocycles. The maximum atomic E-state index is 13.3. The number of aromatic nitrogens is 1. The van der Waals surface area contributed by atoms with Crippen LogP contribution in [0.15, 0.2) is 90.0 Å². The minimum absolute atomic E-state index is 0.216. The number of ether oxygens (including phenoxy) is 4. The first-order valence-electron chi connectivity index (χ1n) is 13.9. The number of amides is 1. The van der Waals surface area contributed by atoms with Gasteiger partial charge in [0.05, 0.1) is 32.1 Å². The summed E-state index contributed by atoms with van der Waals surface area (Å²) in [5, 5.41) is 5.54. The number of fused-ring (bicyclic) bond motifs is 1. The van der Waals surface area contributed by atoms with Crippen molar-refractivity contribution >= 4 is 40.6 Å². The number of hydrogen-bond donors (Lipinski definition) is 2. The summed E-state index contributed by atoms with van der Waals surface area (Å²) in [6, 6.07) is 24.7. The van der Waals surface area contributed by atoms with Gasteiger partial charge in [0.15, 0.2) is 23.0 Å².